The van der Waals surface area contributed by atoms with E-state index in [1.54, 1.807) is 3.93 Å². The third kappa shape index (κ3) is 2.19. The van der Waals surface area contributed by atoms with Gasteiger partial charge in [-0.25, -0.2) is 0 Å². The molecule has 0 bridgehead atoms. The lowest BCUT2D eigenvalue weighted by Crippen LogP contribution is -2.26. The molecule has 0 aliphatic carbocycles. The highest BCUT2D eigenvalue weighted by Gasteiger charge is 2.03. The van der Waals surface area contributed by atoms with Crippen LogP contribution in [0.25, 0.3) is 0 Å². The van der Waals surface area contributed by atoms with Gasteiger partial charge in [0.1, 0.15) is 0 Å². The van der Waals surface area contributed by atoms with E-state index in [9.17, 15) is 0 Å². The van der Waals surface area contributed by atoms with E-state index in [1.807, 2.05) is 31.2 Å². The average Bonchev–Trinajstić information content (AvgIpc) is 2.04. The molecule has 0 saturated carbocycles. The molecule has 0 fully saturated rings. The molecule has 0 aromatic heterocycles. The van der Waals surface area contributed by atoms with Gasteiger partial charge in [0, 0.05) is 0 Å². The van der Waals surface area contributed by atoms with E-state index in [1.165, 1.54) is 5.56 Å². The van der Waals surface area contributed by atoms with Crippen molar-refractivity contribution in [1.29, 1.82) is 0 Å². The molecule has 0 unspecified atom stereocenters. The van der Waals surface area contributed by atoms with Crippen LogP contribution >= 0.6 is 28.4 Å². The number of thiocarbonyl (C=S) groups is 1. The maximum absolute atomic E-state index is 5.42. The zero-order valence-electron chi connectivity index (χ0n) is 6.62. The fourth-order valence-corrected chi connectivity index (χ4v) is 1.14. The molecule has 2 N–H and O–H groups in total. The molecule has 4 heteroatoms. The second kappa shape index (κ2) is 3.87. The van der Waals surface area contributed by atoms with E-state index in [0.717, 1.165) is 5.69 Å². The number of nitrogens with two attached hydrogens (primary N) is 1. The van der Waals surface area contributed by atoms with Crippen molar-refractivity contribution >= 4 is 39.2 Å². The number of anilines is 1. The lowest BCUT2D eigenvalue weighted by atomic mass is 10.2. The Bertz CT molecular complexity index is 284. The van der Waals surface area contributed by atoms with Gasteiger partial charge in [-0.15, -0.1) is 0 Å². The molecule has 0 amide bonds. The standard InChI is InChI=1S/C8H9BrN2S/c1-6-2-4-7(5-3-6)11(9)8(10)12/h2-5H,1H3,(H2,10,12). The first-order valence-corrected chi connectivity index (χ1v) is 4.55. The van der Waals surface area contributed by atoms with Gasteiger partial charge in [0.15, 0.2) is 5.11 Å². The van der Waals surface area contributed by atoms with Crippen molar-refractivity contribution in [3.8, 4) is 0 Å². The Balaban J connectivity index is 2.89. The zero-order valence-corrected chi connectivity index (χ0v) is 9.02. The summed E-state index contributed by atoms with van der Waals surface area (Å²) in [5, 5.41) is 0.304. The largest absolute Gasteiger partial charge is 0.375 e. The molecule has 0 saturated heterocycles. The second-order valence-electron chi connectivity index (χ2n) is 2.45. The number of hydrogen-bond donors (Lipinski definition) is 1. The molecule has 1 rings (SSSR count). The van der Waals surface area contributed by atoms with Gasteiger partial charge < -0.3 is 5.73 Å². The highest BCUT2D eigenvalue weighted by Crippen LogP contribution is 2.17. The van der Waals surface area contributed by atoms with Gasteiger partial charge in [-0.05, 0) is 31.3 Å². The minimum absolute atomic E-state index is 0.304. The number of nitrogens with zero attached hydrogens (tertiary/aromatic N) is 1. The molecule has 2 nitrogen and oxygen atoms in total. The van der Waals surface area contributed by atoms with Gasteiger partial charge in [-0.2, -0.15) is 0 Å². The highest BCUT2D eigenvalue weighted by atomic mass is 79.9. The molecule has 0 radical (unpaired) electrons. The normalized spacial score (nSPS) is 9.50. The van der Waals surface area contributed by atoms with Crippen molar-refractivity contribution in [3.63, 3.8) is 0 Å². The van der Waals surface area contributed by atoms with Crippen LogP contribution in [-0.4, -0.2) is 5.11 Å². The molecule has 0 aliphatic heterocycles. The Hall–Kier alpha value is -0.610. The predicted octanol–water partition coefficient (Wildman–Crippen LogP) is 2.35. The highest BCUT2D eigenvalue weighted by molar-refractivity contribution is 9.10. The molecule has 1 aromatic rings. The molecule has 1 aromatic carbocycles. The number of aryl methyl sites for hydroxylation is 1. The van der Waals surface area contributed by atoms with E-state index >= 15 is 0 Å². The Morgan fingerprint density at radius 3 is 2.33 bits per heavy atom. The second-order valence-corrected chi connectivity index (χ2v) is 3.58. The first-order valence-electron chi connectivity index (χ1n) is 3.43. The number of benzene rings is 1. The van der Waals surface area contributed by atoms with Crippen molar-refractivity contribution in [1.82, 2.24) is 0 Å². The zero-order chi connectivity index (χ0) is 9.14. The lowest BCUT2D eigenvalue weighted by molar-refractivity contribution is 1.44. The molecule has 0 atom stereocenters. The van der Waals surface area contributed by atoms with Crippen molar-refractivity contribution in [2.75, 3.05) is 3.93 Å². The van der Waals surface area contributed by atoms with Crippen molar-refractivity contribution < 1.29 is 0 Å². The van der Waals surface area contributed by atoms with Crippen molar-refractivity contribution in [2.24, 2.45) is 5.73 Å². The molecule has 0 aliphatic rings. The van der Waals surface area contributed by atoms with Crippen LogP contribution in [0.5, 0.6) is 0 Å². The van der Waals surface area contributed by atoms with Crippen LogP contribution in [0.1, 0.15) is 5.56 Å². The first-order chi connectivity index (χ1) is 5.61. The summed E-state index contributed by atoms with van der Waals surface area (Å²) in [5.74, 6) is 0. The molecular weight excluding hydrogens is 236 g/mol. The number of halogens is 1. The third-order valence-electron chi connectivity index (χ3n) is 1.45. The van der Waals surface area contributed by atoms with Crippen molar-refractivity contribution in [2.45, 2.75) is 6.92 Å². The van der Waals surface area contributed by atoms with Gasteiger partial charge >= 0.3 is 0 Å². The van der Waals surface area contributed by atoms with Crippen LogP contribution < -0.4 is 9.66 Å². The fourth-order valence-electron chi connectivity index (χ4n) is 0.803. The monoisotopic (exact) mass is 244 g/mol. The van der Waals surface area contributed by atoms with Crippen LogP contribution in [0.3, 0.4) is 0 Å². The van der Waals surface area contributed by atoms with Gasteiger partial charge in [0.05, 0.1) is 21.8 Å². The van der Waals surface area contributed by atoms with Crippen LogP contribution in [0.15, 0.2) is 24.3 Å². The average molecular weight is 245 g/mol. The SMILES string of the molecule is Cc1ccc(N(Br)C(N)=S)cc1. The van der Waals surface area contributed by atoms with E-state index in [0.29, 0.717) is 5.11 Å². The van der Waals surface area contributed by atoms with E-state index in [4.69, 9.17) is 18.0 Å². The van der Waals surface area contributed by atoms with Gasteiger partial charge in [0.2, 0.25) is 0 Å². The summed E-state index contributed by atoms with van der Waals surface area (Å²) in [6.07, 6.45) is 0. The molecule has 0 spiro atoms. The van der Waals surface area contributed by atoms with Gasteiger partial charge in [0.25, 0.3) is 0 Å². The summed E-state index contributed by atoms with van der Waals surface area (Å²) in [6.45, 7) is 2.03. The molecule has 64 valence electrons. The van der Waals surface area contributed by atoms with E-state index in [2.05, 4.69) is 16.1 Å². The Kier molecular flexibility index (Phi) is 3.05. The summed E-state index contributed by atoms with van der Waals surface area (Å²) in [6, 6.07) is 7.90. The predicted molar refractivity (Wildman–Crippen MR) is 59.4 cm³/mol. The molecule has 12 heavy (non-hydrogen) atoms. The van der Waals surface area contributed by atoms with E-state index in [-0.39, 0.29) is 0 Å². The fraction of sp³-hybridized carbons (Fsp3) is 0.125. The number of hydrogen-bond acceptors (Lipinski definition) is 1. The van der Waals surface area contributed by atoms with Crippen LogP contribution in [0.2, 0.25) is 0 Å². The summed E-state index contributed by atoms with van der Waals surface area (Å²) in [7, 11) is 0. The van der Waals surface area contributed by atoms with E-state index < -0.39 is 0 Å². The topological polar surface area (TPSA) is 29.3 Å². The minimum atomic E-state index is 0.304. The maximum atomic E-state index is 5.42. The molecule has 0 heterocycles. The summed E-state index contributed by atoms with van der Waals surface area (Å²) in [4.78, 5) is 0. The number of rotatable bonds is 1. The lowest BCUT2D eigenvalue weighted by Gasteiger charge is -2.13. The quantitative estimate of drug-likeness (QED) is 0.608. The van der Waals surface area contributed by atoms with Crippen LogP contribution in [0.4, 0.5) is 5.69 Å². The summed E-state index contributed by atoms with van der Waals surface area (Å²) >= 11 is 8.03. The Morgan fingerprint density at radius 2 is 1.92 bits per heavy atom. The maximum Gasteiger partial charge on any atom is 0.181 e. The Labute approximate surface area is 85.7 Å². The minimum Gasteiger partial charge on any atom is -0.375 e. The summed E-state index contributed by atoms with van der Waals surface area (Å²) in [5.41, 5.74) is 7.57. The first kappa shape index (κ1) is 9.48. The smallest absolute Gasteiger partial charge is 0.181 e. The van der Waals surface area contributed by atoms with Crippen LogP contribution in [-0.2, 0) is 0 Å². The summed E-state index contributed by atoms with van der Waals surface area (Å²) < 4.78 is 1.59. The third-order valence-corrected chi connectivity index (χ3v) is 2.66. The van der Waals surface area contributed by atoms with Gasteiger partial charge in [-0.1, -0.05) is 17.7 Å². The Morgan fingerprint density at radius 1 is 1.42 bits per heavy atom. The van der Waals surface area contributed by atoms with Crippen LogP contribution in [0, 0.1) is 6.92 Å². The molecular formula is C8H9BrN2S. The van der Waals surface area contributed by atoms with Gasteiger partial charge in [-0.3, -0.25) is 3.93 Å². The van der Waals surface area contributed by atoms with Crippen molar-refractivity contribution in [3.05, 3.63) is 29.8 Å².